The number of anilines is 1. The highest BCUT2D eigenvalue weighted by Gasteiger charge is 2.12. The monoisotopic (exact) mass is 293 g/mol. The number of hydrogen-bond donors (Lipinski definition) is 3. The maximum atomic E-state index is 12.4. The molecule has 22 heavy (non-hydrogen) atoms. The van der Waals surface area contributed by atoms with Gasteiger partial charge in [-0.2, -0.15) is 0 Å². The maximum Gasteiger partial charge on any atom is 0.255 e. The van der Waals surface area contributed by atoms with Crippen molar-refractivity contribution in [2.24, 2.45) is 5.73 Å². The summed E-state index contributed by atoms with van der Waals surface area (Å²) in [6.45, 7) is 1.96. The Balaban J connectivity index is 1.91. The van der Waals surface area contributed by atoms with E-state index in [-0.39, 0.29) is 11.5 Å². The Bertz CT molecular complexity index is 880. The van der Waals surface area contributed by atoms with Crippen molar-refractivity contribution in [2.75, 3.05) is 5.32 Å². The summed E-state index contributed by atoms with van der Waals surface area (Å²) in [5.41, 5.74) is 8.54. The van der Waals surface area contributed by atoms with E-state index in [1.807, 2.05) is 19.1 Å². The molecule has 0 saturated carbocycles. The van der Waals surface area contributed by atoms with Crippen LogP contribution in [0.25, 0.3) is 10.9 Å². The van der Waals surface area contributed by atoms with Crippen molar-refractivity contribution in [1.82, 2.24) is 4.98 Å². The van der Waals surface area contributed by atoms with Gasteiger partial charge in [0.15, 0.2) is 0 Å². The molecule has 0 spiro atoms. The molecule has 1 heterocycles. The van der Waals surface area contributed by atoms with Crippen molar-refractivity contribution in [3.05, 3.63) is 65.4 Å². The zero-order valence-electron chi connectivity index (χ0n) is 12.0. The molecule has 5 nitrogen and oxygen atoms in total. The normalized spacial score (nSPS) is 10.6. The van der Waals surface area contributed by atoms with Gasteiger partial charge in [-0.25, -0.2) is 0 Å². The van der Waals surface area contributed by atoms with Gasteiger partial charge in [0.25, 0.3) is 11.8 Å². The van der Waals surface area contributed by atoms with E-state index in [2.05, 4.69) is 10.3 Å². The van der Waals surface area contributed by atoms with Crippen molar-refractivity contribution in [3.8, 4) is 0 Å². The molecule has 1 aromatic heterocycles. The van der Waals surface area contributed by atoms with Gasteiger partial charge in [-0.15, -0.1) is 0 Å². The van der Waals surface area contributed by atoms with E-state index in [1.165, 1.54) is 0 Å². The zero-order valence-corrected chi connectivity index (χ0v) is 12.0. The molecule has 0 aliphatic rings. The number of aromatic nitrogens is 1. The lowest BCUT2D eigenvalue weighted by Crippen LogP contribution is -2.18. The van der Waals surface area contributed by atoms with E-state index in [0.717, 1.165) is 16.6 Å². The second kappa shape index (κ2) is 5.37. The molecular formula is C17H15N3O2. The first-order chi connectivity index (χ1) is 10.5. The third-order valence-corrected chi connectivity index (χ3v) is 3.46. The van der Waals surface area contributed by atoms with Crippen LogP contribution in [-0.2, 0) is 0 Å². The largest absolute Gasteiger partial charge is 0.366 e. The SMILES string of the molecule is Cc1cc2cc(C(=O)Nc3ccccc3C(N)=O)ccc2[nH]1. The summed E-state index contributed by atoms with van der Waals surface area (Å²) >= 11 is 0. The number of fused-ring (bicyclic) bond motifs is 1. The molecule has 0 unspecified atom stereocenters. The number of nitrogens with one attached hydrogen (secondary N) is 2. The van der Waals surface area contributed by atoms with Crippen LogP contribution in [0.1, 0.15) is 26.4 Å². The first-order valence-corrected chi connectivity index (χ1v) is 6.84. The molecule has 0 aliphatic carbocycles. The molecular weight excluding hydrogens is 278 g/mol. The lowest BCUT2D eigenvalue weighted by Gasteiger charge is -2.08. The average molecular weight is 293 g/mol. The van der Waals surface area contributed by atoms with E-state index in [4.69, 9.17) is 5.73 Å². The Morgan fingerprint density at radius 2 is 1.86 bits per heavy atom. The van der Waals surface area contributed by atoms with Gasteiger partial charge in [0, 0.05) is 22.2 Å². The molecule has 0 bridgehead atoms. The summed E-state index contributed by atoms with van der Waals surface area (Å²) in [6.07, 6.45) is 0. The van der Waals surface area contributed by atoms with E-state index in [1.54, 1.807) is 36.4 Å². The van der Waals surface area contributed by atoms with Crippen molar-refractivity contribution in [1.29, 1.82) is 0 Å². The van der Waals surface area contributed by atoms with Gasteiger partial charge >= 0.3 is 0 Å². The van der Waals surface area contributed by atoms with Crippen molar-refractivity contribution >= 4 is 28.4 Å². The first kappa shape index (κ1) is 13.9. The number of aromatic amines is 1. The van der Waals surface area contributed by atoms with Crippen LogP contribution in [0.5, 0.6) is 0 Å². The van der Waals surface area contributed by atoms with E-state index in [0.29, 0.717) is 11.3 Å². The lowest BCUT2D eigenvalue weighted by atomic mass is 10.1. The van der Waals surface area contributed by atoms with Crippen LogP contribution in [0.3, 0.4) is 0 Å². The quantitative estimate of drug-likeness (QED) is 0.693. The van der Waals surface area contributed by atoms with Crippen LogP contribution in [-0.4, -0.2) is 16.8 Å². The summed E-state index contributed by atoms with van der Waals surface area (Å²) < 4.78 is 0. The second-order valence-corrected chi connectivity index (χ2v) is 5.12. The predicted octanol–water partition coefficient (Wildman–Crippen LogP) is 2.83. The van der Waals surface area contributed by atoms with Gasteiger partial charge < -0.3 is 16.0 Å². The number of primary amides is 1. The molecule has 2 amide bonds. The maximum absolute atomic E-state index is 12.4. The van der Waals surface area contributed by atoms with E-state index < -0.39 is 5.91 Å². The van der Waals surface area contributed by atoms with Crippen LogP contribution in [0.4, 0.5) is 5.69 Å². The fourth-order valence-electron chi connectivity index (χ4n) is 2.42. The second-order valence-electron chi connectivity index (χ2n) is 5.12. The van der Waals surface area contributed by atoms with Crippen molar-refractivity contribution in [2.45, 2.75) is 6.92 Å². The summed E-state index contributed by atoms with van der Waals surface area (Å²) in [7, 11) is 0. The first-order valence-electron chi connectivity index (χ1n) is 6.84. The fraction of sp³-hybridized carbons (Fsp3) is 0.0588. The number of amides is 2. The number of nitrogens with two attached hydrogens (primary N) is 1. The van der Waals surface area contributed by atoms with Gasteiger partial charge in [-0.05, 0) is 43.3 Å². The van der Waals surface area contributed by atoms with E-state index >= 15 is 0 Å². The van der Waals surface area contributed by atoms with Crippen LogP contribution in [0, 0.1) is 6.92 Å². The number of carbonyl (C=O) groups is 2. The zero-order chi connectivity index (χ0) is 15.7. The predicted molar refractivity (Wildman–Crippen MR) is 85.9 cm³/mol. The van der Waals surface area contributed by atoms with E-state index in [9.17, 15) is 9.59 Å². The number of aryl methyl sites for hydroxylation is 1. The van der Waals surface area contributed by atoms with Gasteiger partial charge in [0.05, 0.1) is 11.3 Å². The van der Waals surface area contributed by atoms with Gasteiger partial charge in [0.2, 0.25) is 0 Å². The number of benzene rings is 2. The minimum absolute atomic E-state index is 0.283. The molecule has 110 valence electrons. The van der Waals surface area contributed by atoms with Crippen LogP contribution in [0.2, 0.25) is 0 Å². The molecule has 0 fully saturated rings. The van der Waals surface area contributed by atoms with Gasteiger partial charge in [0.1, 0.15) is 0 Å². The summed E-state index contributed by atoms with van der Waals surface area (Å²) in [5, 5.41) is 3.70. The standard InChI is InChI=1S/C17H15N3O2/c1-10-8-12-9-11(6-7-14(12)19-10)17(22)20-15-5-3-2-4-13(15)16(18)21/h2-9,19H,1H3,(H2,18,21)(H,20,22). The highest BCUT2D eigenvalue weighted by Crippen LogP contribution is 2.19. The van der Waals surface area contributed by atoms with Crippen molar-refractivity contribution in [3.63, 3.8) is 0 Å². The third-order valence-electron chi connectivity index (χ3n) is 3.46. The van der Waals surface area contributed by atoms with Crippen LogP contribution in [0.15, 0.2) is 48.5 Å². The smallest absolute Gasteiger partial charge is 0.255 e. The Labute approximate surface area is 127 Å². The minimum atomic E-state index is -0.576. The number of carbonyl (C=O) groups excluding carboxylic acids is 2. The topological polar surface area (TPSA) is 88.0 Å². The molecule has 3 rings (SSSR count). The van der Waals surface area contributed by atoms with Crippen LogP contribution >= 0.6 is 0 Å². The molecule has 0 aliphatic heterocycles. The summed E-state index contributed by atoms with van der Waals surface area (Å²) in [6, 6.07) is 14.0. The highest BCUT2D eigenvalue weighted by molar-refractivity contribution is 6.09. The Hall–Kier alpha value is -3.08. The molecule has 3 aromatic rings. The Kier molecular flexibility index (Phi) is 3.39. The average Bonchev–Trinajstić information content (AvgIpc) is 2.86. The highest BCUT2D eigenvalue weighted by atomic mass is 16.2. The number of para-hydroxylation sites is 1. The molecule has 4 N–H and O–H groups in total. The number of H-pyrrole nitrogens is 1. The Morgan fingerprint density at radius 1 is 1.09 bits per heavy atom. The molecule has 5 heteroatoms. The molecule has 0 radical (unpaired) electrons. The molecule has 2 aromatic carbocycles. The summed E-state index contributed by atoms with van der Waals surface area (Å²) in [4.78, 5) is 27.0. The number of rotatable bonds is 3. The molecule has 0 atom stereocenters. The third kappa shape index (κ3) is 2.56. The Morgan fingerprint density at radius 3 is 2.64 bits per heavy atom. The van der Waals surface area contributed by atoms with Gasteiger partial charge in [-0.3, -0.25) is 9.59 Å². The lowest BCUT2D eigenvalue weighted by molar-refractivity contribution is 0.100. The van der Waals surface area contributed by atoms with Crippen molar-refractivity contribution < 1.29 is 9.59 Å². The van der Waals surface area contributed by atoms with Crippen LogP contribution < -0.4 is 11.1 Å². The number of hydrogen-bond acceptors (Lipinski definition) is 2. The fourth-order valence-corrected chi connectivity index (χ4v) is 2.42. The summed E-state index contributed by atoms with van der Waals surface area (Å²) in [5.74, 6) is -0.859. The minimum Gasteiger partial charge on any atom is -0.366 e. The van der Waals surface area contributed by atoms with Gasteiger partial charge in [-0.1, -0.05) is 12.1 Å². The molecule has 0 saturated heterocycles.